The number of aliphatic hydroxyl groups is 1. The van der Waals surface area contributed by atoms with E-state index in [1.54, 1.807) is 19.2 Å². The number of fused-ring (bicyclic) bond motifs is 1. The minimum absolute atomic E-state index is 0. The quantitative estimate of drug-likeness (QED) is 0.532. The average Bonchev–Trinajstić information content (AvgIpc) is 2.60. The Morgan fingerprint density at radius 1 is 1.20 bits per heavy atom. The summed E-state index contributed by atoms with van der Waals surface area (Å²) in [6.07, 6.45) is 4.55. The second-order valence-corrected chi connectivity index (χ2v) is 6.37. The first kappa shape index (κ1) is 21.1. The molecule has 1 aliphatic rings. The minimum atomic E-state index is -0.544. The van der Waals surface area contributed by atoms with Crippen LogP contribution in [0.3, 0.4) is 0 Å². The summed E-state index contributed by atoms with van der Waals surface area (Å²) in [6, 6.07) is 3.51. The van der Waals surface area contributed by atoms with E-state index in [1.165, 1.54) is 25.6 Å². The van der Waals surface area contributed by atoms with Gasteiger partial charge in [-0.05, 0) is 32.0 Å². The van der Waals surface area contributed by atoms with Crippen LogP contribution in [0.1, 0.15) is 19.3 Å². The molecule has 0 spiro atoms. The van der Waals surface area contributed by atoms with Gasteiger partial charge in [0.05, 0.1) is 12.6 Å². The maximum atomic E-state index is 10.2. The molecule has 1 saturated heterocycles. The molecule has 1 N–H and O–H groups in total. The zero-order valence-corrected chi connectivity index (χ0v) is 19.8. The van der Waals surface area contributed by atoms with Crippen LogP contribution in [-0.4, -0.2) is 59.4 Å². The van der Waals surface area contributed by atoms with Gasteiger partial charge in [-0.3, -0.25) is 0 Å². The van der Waals surface area contributed by atoms with Crippen LogP contribution in [0.2, 0.25) is 5.15 Å². The van der Waals surface area contributed by atoms with Gasteiger partial charge in [0.15, 0.2) is 11.5 Å². The van der Waals surface area contributed by atoms with Crippen LogP contribution < -0.4 is 9.47 Å². The van der Waals surface area contributed by atoms with Crippen molar-refractivity contribution in [2.75, 3.05) is 33.4 Å². The van der Waals surface area contributed by atoms with Gasteiger partial charge < -0.3 is 19.5 Å². The molecular formula is C17H22AcClN3O3. The number of aromatic nitrogens is 2. The monoisotopic (exact) mass is 578 g/mol. The van der Waals surface area contributed by atoms with Crippen LogP contribution >= 0.6 is 11.6 Å². The topological polar surface area (TPSA) is 67.7 Å². The Bertz CT molecular complexity index is 698. The van der Waals surface area contributed by atoms with Crippen molar-refractivity contribution in [3.63, 3.8) is 0 Å². The fourth-order valence-electron chi connectivity index (χ4n) is 2.98. The summed E-state index contributed by atoms with van der Waals surface area (Å²) in [5.41, 5.74) is 0.677. The van der Waals surface area contributed by atoms with Gasteiger partial charge in [0, 0.05) is 62.1 Å². The number of likely N-dealkylation sites (tertiary alicyclic amines) is 1. The van der Waals surface area contributed by atoms with Crippen LogP contribution in [-0.2, 0) is 0 Å². The first-order chi connectivity index (χ1) is 11.7. The molecule has 3 rings (SSSR count). The van der Waals surface area contributed by atoms with Crippen molar-refractivity contribution < 1.29 is 58.6 Å². The Hall–Kier alpha value is -0.188. The molecule has 1 unspecified atom stereocenters. The van der Waals surface area contributed by atoms with Gasteiger partial charge in [-0.15, -0.1) is 0 Å². The van der Waals surface area contributed by atoms with Gasteiger partial charge in [0.1, 0.15) is 24.2 Å². The zero-order chi connectivity index (χ0) is 16.9. The number of piperidine rings is 1. The van der Waals surface area contributed by atoms with E-state index in [1.807, 2.05) is 0 Å². The number of halogens is 1. The minimum Gasteiger partial charge on any atom is -0.493 e. The van der Waals surface area contributed by atoms with E-state index in [0.29, 0.717) is 34.1 Å². The molecule has 0 saturated carbocycles. The molecule has 6 nitrogen and oxygen atoms in total. The number of β-amino-alcohol motifs (C(OH)–C–C–N with tert-alkyl or cyclic N) is 1. The van der Waals surface area contributed by atoms with Gasteiger partial charge in [-0.2, -0.15) is 0 Å². The standard InChI is InChI=1S/C17H22ClN3O3.Ac/c1-23-15-7-13-14(19-11-20-17(13)18)8-16(15)24-10-12(22)9-21-5-3-2-4-6-21;/h7-8,11-12,22H,2-6,9-10H2,1H3;. The predicted octanol–water partition coefficient (Wildman–Crippen LogP) is 2.52. The van der Waals surface area contributed by atoms with Gasteiger partial charge in [-0.1, -0.05) is 18.0 Å². The van der Waals surface area contributed by atoms with Crippen LogP contribution in [0.5, 0.6) is 11.5 Å². The molecule has 133 valence electrons. The van der Waals surface area contributed by atoms with Gasteiger partial charge in [0.2, 0.25) is 0 Å². The molecule has 8 heteroatoms. The molecule has 0 aliphatic carbocycles. The first-order valence-corrected chi connectivity index (χ1v) is 8.56. The number of methoxy groups -OCH3 is 1. The van der Waals surface area contributed by atoms with Crippen molar-refractivity contribution >= 4 is 22.5 Å². The van der Waals surface area contributed by atoms with E-state index < -0.39 is 6.10 Å². The summed E-state index contributed by atoms with van der Waals surface area (Å²) < 4.78 is 11.1. The number of nitrogens with zero attached hydrogens (tertiary/aromatic N) is 3. The first-order valence-electron chi connectivity index (χ1n) is 8.19. The van der Waals surface area contributed by atoms with Crippen molar-refractivity contribution in [1.29, 1.82) is 0 Å². The van der Waals surface area contributed by atoms with E-state index in [0.717, 1.165) is 13.1 Å². The maximum absolute atomic E-state index is 10.2. The molecule has 0 amide bonds. The van der Waals surface area contributed by atoms with E-state index in [2.05, 4.69) is 14.9 Å². The van der Waals surface area contributed by atoms with Crippen molar-refractivity contribution in [3.8, 4) is 11.5 Å². The van der Waals surface area contributed by atoms with E-state index in [-0.39, 0.29) is 50.7 Å². The molecule has 1 atom stereocenters. The van der Waals surface area contributed by atoms with Crippen molar-refractivity contribution in [2.24, 2.45) is 0 Å². The Morgan fingerprint density at radius 2 is 1.96 bits per heavy atom. The van der Waals surface area contributed by atoms with Gasteiger partial charge in [0.25, 0.3) is 0 Å². The molecule has 25 heavy (non-hydrogen) atoms. The SMILES string of the molecule is COc1cc2c(Cl)ncnc2cc1OCC(O)CN1CCCCC1.[Ac]. The number of aliphatic hydroxyl groups excluding tert-OH is 1. The molecular weight excluding hydrogens is 557 g/mol. The van der Waals surface area contributed by atoms with E-state index >= 15 is 0 Å². The normalized spacial score (nSPS) is 16.3. The summed E-state index contributed by atoms with van der Waals surface area (Å²) in [6.45, 7) is 2.93. The second-order valence-electron chi connectivity index (χ2n) is 6.01. The Labute approximate surface area is 188 Å². The fraction of sp³-hybridized carbons (Fsp3) is 0.529. The second kappa shape index (κ2) is 10.2. The number of hydrogen-bond acceptors (Lipinski definition) is 6. The van der Waals surface area contributed by atoms with E-state index in [4.69, 9.17) is 21.1 Å². The smallest absolute Gasteiger partial charge is 0.163 e. The molecule has 2 aromatic rings. The fourth-order valence-corrected chi connectivity index (χ4v) is 3.18. The molecule has 1 aliphatic heterocycles. The summed E-state index contributed by atoms with van der Waals surface area (Å²) >= 11 is 6.08. The largest absolute Gasteiger partial charge is 0.493 e. The Balaban J connectivity index is 0.00000225. The zero-order valence-electron chi connectivity index (χ0n) is 14.3. The summed E-state index contributed by atoms with van der Waals surface area (Å²) in [4.78, 5) is 10.4. The predicted molar refractivity (Wildman–Crippen MR) is 92.9 cm³/mol. The number of ether oxygens (including phenoxy) is 2. The summed E-state index contributed by atoms with van der Waals surface area (Å²) in [5.74, 6) is 1.09. The number of benzene rings is 1. The Morgan fingerprint density at radius 3 is 2.68 bits per heavy atom. The van der Waals surface area contributed by atoms with Crippen LogP contribution in [0.15, 0.2) is 18.5 Å². The van der Waals surface area contributed by atoms with Crippen LogP contribution in [0, 0.1) is 44.1 Å². The van der Waals surface area contributed by atoms with Crippen molar-refractivity contribution in [3.05, 3.63) is 23.6 Å². The summed E-state index contributed by atoms with van der Waals surface area (Å²) in [5, 5.41) is 11.3. The average molecular weight is 579 g/mol. The van der Waals surface area contributed by atoms with Gasteiger partial charge >= 0.3 is 0 Å². The third-order valence-electron chi connectivity index (χ3n) is 4.22. The molecule has 1 aromatic heterocycles. The third-order valence-corrected chi connectivity index (χ3v) is 4.52. The molecule has 1 radical (unpaired) electrons. The number of rotatable bonds is 6. The molecule has 2 heterocycles. The molecule has 1 aromatic carbocycles. The van der Waals surface area contributed by atoms with Crippen LogP contribution in [0.4, 0.5) is 0 Å². The molecule has 0 bridgehead atoms. The van der Waals surface area contributed by atoms with Gasteiger partial charge in [-0.25, -0.2) is 9.97 Å². The Kier molecular flexibility index (Phi) is 8.64. The summed E-state index contributed by atoms with van der Waals surface area (Å²) in [7, 11) is 1.57. The van der Waals surface area contributed by atoms with E-state index in [9.17, 15) is 5.11 Å². The van der Waals surface area contributed by atoms with Crippen molar-refractivity contribution in [1.82, 2.24) is 14.9 Å². The third kappa shape index (κ3) is 5.64. The molecule has 1 fully saturated rings. The van der Waals surface area contributed by atoms with Crippen LogP contribution in [0.25, 0.3) is 10.9 Å². The maximum Gasteiger partial charge on any atom is 0.163 e. The number of hydrogen-bond donors (Lipinski definition) is 1. The van der Waals surface area contributed by atoms with Crippen molar-refractivity contribution in [2.45, 2.75) is 25.4 Å².